The molecule has 100 valence electrons. The number of carbonyl (C=O) groups excluding carboxylic acids is 1. The van der Waals surface area contributed by atoms with Crippen LogP contribution in [0.15, 0.2) is 47.0 Å². The molecule has 0 saturated carbocycles. The van der Waals surface area contributed by atoms with Gasteiger partial charge in [-0.2, -0.15) is 4.68 Å². The minimum absolute atomic E-state index is 0.104. The maximum atomic E-state index is 12.0. The largest absolute Gasteiger partial charge is 0.453 e. The molecule has 7 nitrogen and oxygen atoms in total. The van der Waals surface area contributed by atoms with Crippen molar-refractivity contribution < 1.29 is 14.1 Å². The number of fused-ring (bicyclic) bond motifs is 1. The van der Waals surface area contributed by atoms with Gasteiger partial charge in [0.25, 0.3) is 0 Å². The van der Waals surface area contributed by atoms with Gasteiger partial charge in [0.05, 0.1) is 17.4 Å². The highest BCUT2D eigenvalue weighted by atomic mass is 16.6. The predicted molar refractivity (Wildman–Crippen MR) is 69.4 cm³/mol. The number of para-hydroxylation sites is 1. The highest BCUT2D eigenvalue weighted by molar-refractivity contribution is 5.97. The zero-order valence-electron chi connectivity index (χ0n) is 10.2. The van der Waals surface area contributed by atoms with E-state index in [-0.39, 0.29) is 23.9 Å². The van der Waals surface area contributed by atoms with E-state index in [0.717, 1.165) is 5.39 Å². The summed E-state index contributed by atoms with van der Waals surface area (Å²) in [5.74, 6) is -0.369. The standard InChI is InChI=1S/C13H9N3O4/c17-10(8-15-6-5-13(14-15)16(18)19)12-7-9-3-1-2-4-11(9)20-12/h1-7H,8H2. The number of ketones is 1. The molecule has 2 heterocycles. The number of Topliss-reactive ketones (excluding diaryl/α,β-unsaturated/α-hetero) is 1. The first-order valence-electron chi connectivity index (χ1n) is 5.83. The molecule has 0 spiro atoms. The van der Waals surface area contributed by atoms with Crippen LogP contribution in [0, 0.1) is 10.1 Å². The monoisotopic (exact) mass is 271 g/mol. The number of furan rings is 1. The Morgan fingerprint density at radius 2 is 2.15 bits per heavy atom. The van der Waals surface area contributed by atoms with Crippen molar-refractivity contribution in [2.45, 2.75) is 6.54 Å². The van der Waals surface area contributed by atoms with Crippen LogP contribution in [0.2, 0.25) is 0 Å². The minimum atomic E-state index is -0.609. The van der Waals surface area contributed by atoms with Crippen LogP contribution in [-0.4, -0.2) is 20.5 Å². The van der Waals surface area contributed by atoms with Gasteiger partial charge in [0.1, 0.15) is 12.1 Å². The summed E-state index contributed by atoms with van der Waals surface area (Å²) in [5, 5.41) is 15.0. The lowest BCUT2D eigenvalue weighted by Gasteiger charge is -1.93. The van der Waals surface area contributed by atoms with Crippen molar-refractivity contribution in [2.24, 2.45) is 0 Å². The summed E-state index contributed by atoms with van der Waals surface area (Å²) < 4.78 is 6.65. The number of aromatic nitrogens is 2. The van der Waals surface area contributed by atoms with E-state index in [9.17, 15) is 14.9 Å². The maximum Gasteiger partial charge on any atom is 0.389 e. The Morgan fingerprint density at radius 3 is 2.85 bits per heavy atom. The summed E-state index contributed by atoms with van der Waals surface area (Å²) in [5.41, 5.74) is 0.627. The quantitative estimate of drug-likeness (QED) is 0.413. The molecule has 0 atom stereocenters. The van der Waals surface area contributed by atoms with Crippen molar-refractivity contribution in [1.82, 2.24) is 9.78 Å². The van der Waals surface area contributed by atoms with Crippen LogP contribution in [-0.2, 0) is 6.54 Å². The summed E-state index contributed by atoms with van der Waals surface area (Å²) in [4.78, 5) is 21.9. The summed E-state index contributed by atoms with van der Waals surface area (Å²) in [6.07, 6.45) is 1.39. The Labute approximate surface area is 112 Å². The number of hydrogen-bond donors (Lipinski definition) is 0. The Kier molecular flexibility index (Phi) is 2.79. The molecule has 0 bridgehead atoms. The molecule has 0 fully saturated rings. The van der Waals surface area contributed by atoms with Gasteiger partial charge in [-0.05, 0) is 17.1 Å². The summed E-state index contributed by atoms with van der Waals surface area (Å²) in [6.45, 7) is -0.104. The topological polar surface area (TPSA) is 91.2 Å². The van der Waals surface area contributed by atoms with Crippen molar-refractivity contribution in [2.75, 3.05) is 0 Å². The van der Waals surface area contributed by atoms with Crippen molar-refractivity contribution in [3.63, 3.8) is 0 Å². The smallest absolute Gasteiger partial charge is 0.389 e. The van der Waals surface area contributed by atoms with Crippen molar-refractivity contribution in [3.8, 4) is 0 Å². The third kappa shape index (κ3) is 2.16. The van der Waals surface area contributed by atoms with E-state index in [1.54, 1.807) is 12.1 Å². The minimum Gasteiger partial charge on any atom is -0.453 e. The second-order valence-corrected chi connectivity index (χ2v) is 4.20. The highest BCUT2D eigenvalue weighted by Crippen LogP contribution is 2.19. The van der Waals surface area contributed by atoms with Gasteiger partial charge in [-0.3, -0.25) is 4.79 Å². The Morgan fingerprint density at radius 1 is 1.35 bits per heavy atom. The molecule has 0 N–H and O–H groups in total. The first kappa shape index (κ1) is 12.1. The fourth-order valence-electron chi connectivity index (χ4n) is 1.88. The van der Waals surface area contributed by atoms with Crippen LogP contribution in [0.3, 0.4) is 0 Å². The van der Waals surface area contributed by atoms with E-state index in [4.69, 9.17) is 4.42 Å². The Balaban J connectivity index is 1.83. The molecule has 2 aromatic heterocycles. The summed E-state index contributed by atoms with van der Waals surface area (Å²) >= 11 is 0. The van der Waals surface area contributed by atoms with Crippen molar-refractivity contribution in [3.05, 3.63) is 58.5 Å². The lowest BCUT2D eigenvalue weighted by molar-refractivity contribution is -0.389. The maximum absolute atomic E-state index is 12.0. The van der Waals surface area contributed by atoms with Crippen molar-refractivity contribution >= 4 is 22.6 Å². The number of nitrogens with zero attached hydrogens (tertiary/aromatic N) is 3. The Hall–Kier alpha value is -2.96. The molecule has 0 radical (unpaired) electrons. The molecule has 0 amide bonds. The van der Waals surface area contributed by atoms with E-state index < -0.39 is 4.92 Å². The van der Waals surface area contributed by atoms with Gasteiger partial charge in [0.15, 0.2) is 5.76 Å². The average Bonchev–Trinajstić information content (AvgIpc) is 3.04. The normalized spacial score (nSPS) is 10.8. The number of rotatable bonds is 4. The Bertz CT molecular complexity index is 770. The third-order valence-electron chi connectivity index (χ3n) is 2.82. The zero-order chi connectivity index (χ0) is 14.1. The fraction of sp³-hybridized carbons (Fsp3) is 0.0769. The zero-order valence-corrected chi connectivity index (χ0v) is 10.2. The van der Waals surface area contributed by atoms with Crippen LogP contribution >= 0.6 is 0 Å². The number of nitro groups is 1. The van der Waals surface area contributed by atoms with Gasteiger partial charge in [-0.1, -0.05) is 18.2 Å². The lowest BCUT2D eigenvalue weighted by Crippen LogP contribution is -2.10. The molecule has 0 aliphatic rings. The van der Waals surface area contributed by atoms with Gasteiger partial charge in [-0.15, -0.1) is 0 Å². The number of benzene rings is 1. The van der Waals surface area contributed by atoms with Crippen LogP contribution in [0.4, 0.5) is 5.82 Å². The van der Waals surface area contributed by atoms with Crippen LogP contribution in [0.1, 0.15) is 10.6 Å². The summed E-state index contributed by atoms with van der Waals surface area (Å²) in [6, 6.07) is 10.2. The van der Waals surface area contributed by atoms with Gasteiger partial charge >= 0.3 is 5.82 Å². The van der Waals surface area contributed by atoms with E-state index in [1.165, 1.54) is 16.9 Å². The van der Waals surface area contributed by atoms with Gasteiger partial charge in [-0.25, -0.2) is 0 Å². The fourth-order valence-corrected chi connectivity index (χ4v) is 1.88. The van der Waals surface area contributed by atoms with Crippen LogP contribution < -0.4 is 0 Å². The predicted octanol–water partition coefficient (Wildman–Crippen LogP) is 2.42. The third-order valence-corrected chi connectivity index (χ3v) is 2.82. The molecule has 3 rings (SSSR count). The molecule has 0 aliphatic heterocycles. The molecule has 1 aromatic carbocycles. The lowest BCUT2D eigenvalue weighted by atomic mass is 10.2. The van der Waals surface area contributed by atoms with E-state index in [1.807, 2.05) is 18.2 Å². The second kappa shape index (κ2) is 4.61. The molecule has 0 aliphatic carbocycles. The van der Waals surface area contributed by atoms with Crippen molar-refractivity contribution in [1.29, 1.82) is 0 Å². The summed E-state index contributed by atoms with van der Waals surface area (Å²) in [7, 11) is 0. The number of carbonyl (C=O) groups is 1. The molecule has 0 unspecified atom stereocenters. The molecule has 3 aromatic rings. The van der Waals surface area contributed by atoms with Gasteiger partial charge in [0, 0.05) is 5.39 Å². The molecule has 0 saturated heterocycles. The van der Waals surface area contributed by atoms with Crippen LogP contribution in [0.5, 0.6) is 0 Å². The second-order valence-electron chi connectivity index (χ2n) is 4.20. The first-order chi connectivity index (χ1) is 9.63. The van der Waals surface area contributed by atoms with E-state index in [0.29, 0.717) is 5.58 Å². The SMILES string of the molecule is O=C(Cn1ccc([N+](=O)[O-])n1)c1cc2ccccc2o1. The van der Waals surface area contributed by atoms with Gasteiger partial charge in [0.2, 0.25) is 5.78 Å². The average molecular weight is 271 g/mol. The van der Waals surface area contributed by atoms with Gasteiger partial charge < -0.3 is 14.5 Å². The molecular formula is C13H9N3O4. The molecule has 7 heteroatoms. The van der Waals surface area contributed by atoms with Crippen LogP contribution in [0.25, 0.3) is 11.0 Å². The first-order valence-corrected chi connectivity index (χ1v) is 5.83. The molecule has 20 heavy (non-hydrogen) atoms. The highest BCUT2D eigenvalue weighted by Gasteiger charge is 2.17. The van der Waals surface area contributed by atoms with E-state index >= 15 is 0 Å². The number of hydrogen-bond acceptors (Lipinski definition) is 5. The molecular weight excluding hydrogens is 262 g/mol. The van der Waals surface area contributed by atoms with E-state index in [2.05, 4.69) is 5.10 Å².